The van der Waals surface area contributed by atoms with Crippen LogP contribution in [0.2, 0.25) is 0 Å². The predicted octanol–water partition coefficient (Wildman–Crippen LogP) is 2.67. The molecule has 0 atom stereocenters. The minimum atomic E-state index is 0. The first kappa shape index (κ1) is 24.2. The summed E-state index contributed by atoms with van der Waals surface area (Å²) < 4.78 is 5.24. The quantitative estimate of drug-likeness (QED) is 0.357. The fourth-order valence-corrected chi connectivity index (χ4v) is 3.51. The van der Waals surface area contributed by atoms with Gasteiger partial charge in [0.15, 0.2) is 5.96 Å². The van der Waals surface area contributed by atoms with Crippen molar-refractivity contribution in [1.29, 1.82) is 0 Å². The second-order valence-electron chi connectivity index (χ2n) is 7.38. The fraction of sp³-hybridized carbons (Fsp3) is 0.455. The number of anilines is 1. The zero-order valence-corrected chi connectivity index (χ0v) is 20.7. The molecule has 0 aliphatic carbocycles. The van der Waals surface area contributed by atoms with Crippen molar-refractivity contribution in [2.75, 3.05) is 59.3 Å². The monoisotopic (exact) mass is 524 g/mol. The van der Waals surface area contributed by atoms with Gasteiger partial charge in [0.25, 0.3) is 0 Å². The number of halogens is 1. The number of nitrogens with one attached hydrogen (secondary N) is 1. The summed E-state index contributed by atoms with van der Waals surface area (Å²) in [5, 5.41) is 3.49. The van der Waals surface area contributed by atoms with Crippen LogP contribution in [-0.4, -0.2) is 75.2 Å². The highest BCUT2D eigenvalue weighted by Crippen LogP contribution is 2.19. The molecule has 1 saturated heterocycles. The topological polar surface area (TPSA) is 56.2 Å². The number of rotatable bonds is 6. The average molecular weight is 524 g/mol. The summed E-state index contributed by atoms with van der Waals surface area (Å²) in [6, 6.07) is 12.3. The Morgan fingerprint density at radius 3 is 2.50 bits per heavy atom. The minimum Gasteiger partial charge on any atom is -0.497 e. The van der Waals surface area contributed by atoms with Crippen molar-refractivity contribution in [3.8, 4) is 5.75 Å². The third-order valence-corrected chi connectivity index (χ3v) is 5.26. The number of ether oxygens (including phenoxy) is 1. The number of guanidine groups is 1. The molecule has 7 nitrogen and oxygen atoms in total. The summed E-state index contributed by atoms with van der Waals surface area (Å²) in [5.41, 5.74) is 2.40. The molecule has 0 saturated carbocycles. The fourth-order valence-electron chi connectivity index (χ4n) is 3.51. The lowest BCUT2D eigenvalue weighted by Crippen LogP contribution is -2.45. The number of nitrogens with zero attached hydrogens (tertiary/aromatic N) is 5. The van der Waals surface area contributed by atoms with Crippen LogP contribution in [0.1, 0.15) is 11.1 Å². The van der Waals surface area contributed by atoms with Gasteiger partial charge in [-0.05, 0) is 30.8 Å². The van der Waals surface area contributed by atoms with Crippen LogP contribution in [-0.2, 0) is 13.1 Å². The lowest BCUT2D eigenvalue weighted by Gasteiger charge is -2.34. The van der Waals surface area contributed by atoms with E-state index in [0.717, 1.165) is 50.3 Å². The van der Waals surface area contributed by atoms with Gasteiger partial charge >= 0.3 is 0 Å². The standard InChI is InChI=1S/C22H32N6O.HI/c1-23-22(27(3)17-18-7-9-20(29-4)10-8-18)25-16-19-6-5-11-24-21(19)28-14-12-26(2)13-15-28;/h5-11H,12-17H2,1-4H3,(H,23,25);1H. The Kier molecular flexibility index (Phi) is 9.64. The van der Waals surface area contributed by atoms with Crippen LogP contribution >= 0.6 is 24.0 Å². The molecule has 2 aromatic rings. The van der Waals surface area contributed by atoms with Crippen LogP contribution in [0.3, 0.4) is 0 Å². The zero-order valence-electron chi connectivity index (χ0n) is 18.3. The Labute approximate surface area is 197 Å². The molecule has 0 amide bonds. The van der Waals surface area contributed by atoms with Crippen LogP contribution in [0.25, 0.3) is 0 Å². The first-order valence-corrected chi connectivity index (χ1v) is 10.0. The third kappa shape index (κ3) is 6.46. The number of pyridine rings is 1. The van der Waals surface area contributed by atoms with E-state index in [1.54, 1.807) is 7.11 Å². The average Bonchev–Trinajstić information content (AvgIpc) is 2.75. The largest absolute Gasteiger partial charge is 0.497 e. The number of aromatic nitrogens is 1. The van der Waals surface area contributed by atoms with Gasteiger partial charge < -0.3 is 24.8 Å². The predicted molar refractivity (Wildman–Crippen MR) is 134 cm³/mol. The summed E-state index contributed by atoms with van der Waals surface area (Å²) >= 11 is 0. The first-order valence-electron chi connectivity index (χ1n) is 10.0. The van der Waals surface area contributed by atoms with Crippen LogP contribution in [0.15, 0.2) is 47.6 Å². The number of likely N-dealkylation sites (N-methyl/N-ethyl adjacent to an activating group) is 1. The van der Waals surface area contributed by atoms with Crippen molar-refractivity contribution in [1.82, 2.24) is 20.1 Å². The van der Waals surface area contributed by atoms with E-state index < -0.39 is 0 Å². The molecule has 3 rings (SSSR count). The Balaban J connectivity index is 0.00000320. The molecule has 0 radical (unpaired) electrons. The third-order valence-electron chi connectivity index (χ3n) is 5.26. The van der Waals surface area contributed by atoms with Gasteiger partial charge in [-0.3, -0.25) is 4.99 Å². The van der Waals surface area contributed by atoms with Crippen LogP contribution in [0, 0.1) is 0 Å². The van der Waals surface area contributed by atoms with Crippen molar-refractivity contribution in [2.45, 2.75) is 13.1 Å². The maximum absolute atomic E-state index is 5.24. The molecular weight excluding hydrogens is 491 g/mol. The SMILES string of the molecule is CN=C(NCc1cccnc1N1CCN(C)CC1)N(C)Cc1ccc(OC)cc1.I. The molecule has 1 N–H and O–H groups in total. The number of hydrogen-bond acceptors (Lipinski definition) is 5. The van der Waals surface area contributed by atoms with Gasteiger partial charge in [0.1, 0.15) is 11.6 Å². The molecule has 0 bridgehead atoms. The van der Waals surface area contributed by atoms with E-state index in [-0.39, 0.29) is 24.0 Å². The van der Waals surface area contributed by atoms with Crippen LogP contribution in [0.5, 0.6) is 5.75 Å². The molecule has 1 aliphatic heterocycles. The van der Waals surface area contributed by atoms with Gasteiger partial charge in [-0.1, -0.05) is 18.2 Å². The Bertz CT molecular complexity index is 806. The molecule has 0 unspecified atom stereocenters. The number of piperazine rings is 1. The number of methoxy groups -OCH3 is 1. The molecular formula is C22H33IN6O. The Hall–Kier alpha value is -2.07. The van der Waals surface area contributed by atoms with E-state index in [2.05, 4.69) is 55.2 Å². The maximum Gasteiger partial charge on any atom is 0.193 e. The second-order valence-corrected chi connectivity index (χ2v) is 7.38. The van der Waals surface area contributed by atoms with Crippen molar-refractivity contribution < 1.29 is 4.74 Å². The molecule has 8 heteroatoms. The van der Waals surface area contributed by atoms with E-state index in [0.29, 0.717) is 6.54 Å². The van der Waals surface area contributed by atoms with E-state index in [4.69, 9.17) is 4.74 Å². The van der Waals surface area contributed by atoms with Crippen molar-refractivity contribution in [3.63, 3.8) is 0 Å². The minimum absolute atomic E-state index is 0. The lowest BCUT2D eigenvalue weighted by atomic mass is 10.2. The van der Waals surface area contributed by atoms with Gasteiger partial charge in [-0.15, -0.1) is 24.0 Å². The van der Waals surface area contributed by atoms with E-state index in [9.17, 15) is 0 Å². The molecule has 1 aromatic carbocycles. The maximum atomic E-state index is 5.24. The molecule has 30 heavy (non-hydrogen) atoms. The molecule has 1 fully saturated rings. The van der Waals surface area contributed by atoms with Gasteiger partial charge in [0.2, 0.25) is 0 Å². The first-order chi connectivity index (χ1) is 14.1. The van der Waals surface area contributed by atoms with Crippen molar-refractivity contribution in [2.24, 2.45) is 4.99 Å². The summed E-state index contributed by atoms with van der Waals surface area (Å²) in [6.45, 7) is 5.60. The highest BCUT2D eigenvalue weighted by molar-refractivity contribution is 14.0. The van der Waals surface area contributed by atoms with Gasteiger partial charge in [-0.2, -0.15) is 0 Å². The Morgan fingerprint density at radius 1 is 1.17 bits per heavy atom. The highest BCUT2D eigenvalue weighted by atomic mass is 127. The van der Waals surface area contributed by atoms with Gasteiger partial charge in [0.05, 0.1) is 7.11 Å². The lowest BCUT2D eigenvalue weighted by molar-refractivity contribution is 0.311. The number of aliphatic imine (C=N–C) groups is 1. The van der Waals surface area contributed by atoms with Crippen molar-refractivity contribution in [3.05, 3.63) is 53.7 Å². The summed E-state index contributed by atoms with van der Waals surface area (Å²) in [5.74, 6) is 2.79. The normalized spacial score (nSPS) is 14.8. The molecule has 0 spiro atoms. The molecule has 2 heterocycles. The summed E-state index contributed by atoms with van der Waals surface area (Å²) in [7, 11) is 7.71. The van der Waals surface area contributed by atoms with Crippen LogP contribution in [0.4, 0.5) is 5.82 Å². The van der Waals surface area contributed by atoms with Crippen LogP contribution < -0.4 is 15.0 Å². The number of benzene rings is 1. The van der Waals surface area contributed by atoms with E-state index in [1.165, 1.54) is 11.1 Å². The van der Waals surface area contributed by atoms with Gasteiger partial charge in [-0.25, -0.2) is 4.98 Å². The number of hydrogen-bond donors (Lipinski definition) is 1. The molecule has 1 aromatic heterocycles. The smallest absolute Gasteiger partial charge is 0.193 e. The highest BCUT2D eigenvalue weighted by Gasteiger charge is 2.18. The zero-order chi connectivity index (χ0) is 20.6. The van der Waals surface area contributed by atoms with E-state index >= 15 is 0 Å². The second kappa shape index (κ2) is 11.9. The molecule has 164 valence electrons. The van der Waals surface area contributed by atoms with Gasteiger partial charge in [0, 0.05) is 65.1 Å². The van der Waals surface area contributed by atoms with Crippen molar-refractivity contribution >= 4 is 35.8 Å². The van der Waals surface area contributed by atoms with E-state index in [1.807, 2.05) is 38.5 Å². The Morgan fingerprint density at radius 2 is 1.87 bits per heavy atom. The summed E-state index contributed by atoms with van der Waals surface area (Å²) in [6.07, 6.45) is 1.88. The summed E-state index contributed by atoms with van der Waals surface area (Å²) in [4.78, 5) is 16.0. The molecule has 1 aliphatic rings.